The van der Waals surface area contributed by atoms with Crippen molar-refractivity contribution in [3.8, 4) is 0 Å². The molecule has 0 aliphatic heterocycles. The molecule has 0 radical (unpaired) electrons. The van der Waals surface area contributed by atoms with Crippen LogP contribution in [0.5, 0.6) is 0 Å². The zero-order valence-corrected chi connectivity index (χ0v) is 10.4. The lowest BCUT2D eigenvalue weighted by Crippen LogP contribution is -2.02. The van der Waals surface area contributed by atoms with Gasteiger partial charge in [0.05, 0.1) is 9.95 Å². The second-order valence-corrected chi connectivity index (χ2v) is 4.57. The summed E-state index contributed by atoms with van der Waals surface area (Å²) in [4.78, 5) is 10.4. The molecular formula is C12H13ClFNO2. The third kappa shape index (κ3) is 4.15. The van der Waals surface area contributed by atoms with E-state index in [0.29, 0.717) is 12.0 Å². The molecule has 0 amide bonds. The van der Waals surface area contributed by atoms with Crippen LogP contribution in [0.4, 0.5) is 4.39 Å². The van der Waals surface area contributed by atoms with Crippen LogP contribution in [0.3, 0.4) is 0 Å². The zero-order chi connectivity index (χ0) is 13.0. The van der Waals surface area contributed by atoms with Crippen molar-refractivity contribution in [2.45, 2.75) is 20.3 Å². The molecule has 0 bridgehead atoms. The fraction of sp³-hybridized carbons (Fsp3) is 0.333. The third-order valence-corrected chi connectivity index (χ3v) is 2.42. The van der Waals surface area contributed by atoms with E-state index in [-0.39, 0.29) is 16.6 Å². The van der Waals surface area contributed by atoms with Crippen molar-refractivity contribution in [3.05, 3.63) is 50.4 Å². The number of benzene rings is 1. The first-order valence-electron chi connectivity index (χ1n) is 5.20. The Morgan fingerprint density at radius 1 is 1.59 bits per heavy atom. The van der Waals surface area contributed by atoms with E-state index in [1.165, 1.54) is 24.3 Å². The van der Waals surface area contributed by atoms with Crippen LogP contribution in [0.25, 0.3) is 6.08 Å². The van der Waals surface area contributed by atoms with Crippen LogP contribution in [0.1, 0.15) is 25.8 Å². The molecule has 0 atom stereocenters. The largest absolute Gasteiger partial charge is 0.259 e. The normalized spacial score (nSPS) is 11.9. The van der Waals surface area contributed by atoms with Gasteiger partial charge in [-0.15, -0.1) is 0 Å². The van der Waals surface area contributed by atoms with Gasteiger partial charge in [0, 0.05) is 12.5 Å². The lowest BCUT2D eigenvalue weighted by atomic mass is 10.1. The average Bonchev–Trinajstić information content (AvgIpc) is 2.21. The number of nitrogens with zero attached hydrogens (tertiary/aromatic N) is 1. The lowest BCUT2D eigenvalue weighted by Gasteiger charge is -2.02. The van der Waals surface area contributed by atoms with Crippen molar-refractivity contribution < 1.29 is 9.31 Å². The summed E-state index contributed by atoms with van der Waals surface area (Å²) in [6.45, 7) is 3.80. The number of allylic oxidation sites excluding steroid dienone is 1. The summed E-state index contributed by atoms with van der Waals surface area (Å²) in [5, 5.41) is 10.8. The molecule has 92 valence electrons. The molecule has 5 heteroatoms. The predicted molar refractivity (Wildman–Crippen MR) is 65.8 cm³/mol. The van der Waals surface area contributed by atoms with Crippen LogP contribution in [0, 0.1) is 21.8 Å². The molecule has 1 rings (SSSR count). The highest BCUT2D eigenvalue weighted by Gasteiger charge is 2.13. The summed E-state index contributed by atoms with van der Waals surface area (Å²) in [5.74, 6) is -0.349. The van der Waals surface area contributed by atoms with Crippen molar-refractivity contribution in [2.75, 3.05) is 0 Å². The predicted octanol–water partition coefficient (Wildman–Crippen LogP) is 4.14. The van der Waals surface area contributed by atoms with E-state index < -0.39 is 10.7 Å². The Balaban J connectivity index is 3.04. The fourth-order valence-corrected chi connectivity index (χ4v) is 1.59. The van der Waals surface area contributed by atoms with Gasteiger partial charge < -0.3 is 0 Å². The summed E-state index contributed by atoms with van der Waals surface area (Å²) in [6.07, 6.45) is 1.79. The minimum atomic E-state index is -0.532. The third-order valence-electron chi connectivity index (χ3n) is 2.13. The standard InChI is InChI=1S/C12H13ClFNO2/c1-8(2)5-10(15(16)17)6-9-3-4-12(14)11(13)7-9/h3-4,6-8H,5H2,1-2H3/b10-6-. The van der Waals surface area contributed by atoms with Crippen LogP contribution in [0.2, 0.25) is 5.02 Å². The Bertz CT molecular complexity index is 458. The Labute approximate surface area is 104 Å². The van der Waals surface area contributed by atoms with E-state index in [1.807, 2.05) is 13.8 Å². The second-order valence-electron chi connectivity index (χ2n) is 4.16. The topological polar surface area (TPSA) is 43.1 Å². The summed E-state index contributed by atoms with van der Waals surface area (Å²) in [7, 11) is 0. The maximum Gasteiger partial charge on any atom is 0.247 e. The summed E-state index contributed by atoms with van der Waals surface area (Å²) in [5.41, 5.74) is 0.631. The molecule has 0 saturated carbocycles. The fourth-order valence-electron chi connectivity index (χ4n) is 1.40. The SMILES string of the molecule is CC(C)C/C(=C/c1ccc(F)c(Cl)c1)[N+](=O)[O-]. The highest BCUT2D eigenvalue weighted by molar-refractivity contribution is 6.30. The van der Waals surface area contributed by atoms with E-state index in [2.05, 4.69) is 0 Å². The van der Waals surface area contributed by atoms with Crippen LogP contribution in [0.15, 0.2) is 23.9 Å². The van der Waals surface area contributed by atoms with Crippen molar-refractivity contribution in [1.29, 1.82) is 0 Å². The first kappa shape index (κ1) is 13.6. The van der Waals surface area contributed by atoms with Gasteiger partial charge in [0.2, 0.25) is 5.70 Å². The molecule has 0 saturated heterocycles. The minimum absolute atomic E-state index is 0.0361. The maximum atomic E-state index is 12.9. The highest BCUT2D eigenvalue weighted by atomic mass is 35.5. The first-order chi connectivity index (χ1) is 7.90. The monoisotopic (exact) mass is 257 g/mol. The van der Waals surface area contributed by atoms with E-state index in [0.717, 1.165) is 0 Å². The Morgan fingerprint density at radius 2 is 2.24 bits per heavy atom. The van der Waals surface area contributed by atoms with Gasteiger partial charge in [-0.2, -0.15) is 0 Å². The Morgan fingerprint density at radius 3 is 2.71 bits per heavy atom. The molecular weight excluding hydrogens is 245 g/mol. The lowest BCUT2D eigenvalue weighted by molar-refractivity contribution is -0.427. The van der Waals surface area contributed by atoms with Crippen molar-refractivity contribution in [1.82, 2.24) is 0 Å². The maximum absolute atomic E-state index is 12.9. The second kappa shape index (κ2) is 5.77. The number of hydrogen-bond acceptors (Lipinski definition) is 2. The summed E-state index contributed by atoms with van der Waals surface area (Å²) >= 11 is 5.61. The molecule has 1 aromatic rings. The number of rotatable bonds is 4. The molecule has 0 spiro atoms. The van der Waals surface area contributed by atoms with Gasteiger partial charge in [-0.25, -0.2) is 4.39 Å². The van der Waals surface area contributed by atoms with E-state index >= 15 is 0 Å². The molecule has 17 heavy (non-hydrogen) atoms. The van der Waals surface area contributed by atoms with Gasteiger partial charge in [0.15, 0.2) is 0 Å². The quantitative estimate of drug-likeness (QED) is 0.601. The van der Waals surface area contributed by atoms with Gasteiger partial charge >= 0.3 is 0 Å². The molecule has 0 unspecified atom stereocenters. The molecule has 0 aliphatic rings. The van der Waals surface area contributed by atoms with Crippen LogP contribution in [-0.2, 0) is 0 Å². The van der Waals surface area contributed by atoms with Crippen LogP contribution in [-0.4, -0.2) is 4.92 Å². The Hall–Kier alpha value is -1.42. The molecule has 0 N–H and O–H groups in total. The molecule has 3 nitrogen and oxygen atoms in total. The number of nitro groups is 1. The van der Waals surface area contributed by atoms with Gasteiger partial charge in [-0.3, -0.25) is 10.1 Å². The molecule has 0 aliphatic carbocycles. The number of hydrogen-bond donors (Lipinski definition) is 0. The number of halogens is 2. The van der Waals surface area contributed by atoms with Gasteiger partial charge in [0.1, 0.15) is 5.82 Å². The highest BCUT2D eigenvalue weighted by Crippen LogP contribution is 2.20. The summed E-state index contributed by atoms with van der Waals surface area (Å²) in [6, 6.07) is 4.03. The van der Waals surface area contributed by atoms with Crippen LogP contribution >= 0.6 is 11.6 Å². The van der Waals surface area contributed by atoms with E-state index in [9.17, 15) is 14.5 Å². The first-order valence-corrected chi connectivity index (χ1v) is 5.58. The van der Waals surface area contributed by atoms with E-state index in [1.54, 1.807) is 0 Å². The molecule has 1 aromatic carbocycles. The zero-order valence-electron chi connectivity index (χ0n) is 9.61. The average molecular weight is 258 g/mol. The van der Waals surface area contributed by atoms with Gasteiger partial charge in [-0.1, -0.05) is 31.5 Å². The molecule has 0 aromatic heterocycles. The molecule has 0 heterocycles. The van der Waals surface area contributed by atoms with Crippen molar-refractivity contribution >= 4 is 17.7 Å². The Kier molecular flexibility index (Phi) is 4.63. The smallest absolute Gasteiger partial charge is 0.247 e. The van der Waals surface area contributed by atoms with Crippen molar-refractivity contribution in [2.24, 2.45) is 5.92 Å². The van der Waals surface area contributed by atoms with E-state index in [4.69, 9.17) is 11.6 Å². The van der Waals surface area contributed by atoms with Gasteiger partial charge in [0.25, 0.3) is 0 Å². The van der Waals surface area contributed by atoms with Gasteiger partial charge in [-0.05, 0) is 23.6 Å². The summed E-state index contributed by atoms with van der Waals surface area (Å²) < 4.78 is 12.9. The van der Waals surface area contributed by atoms with Crippen molar-refractivity contribution in [3.63, 3.8) is 0 Å². The minimum Gasteiger partial charge on any atom is -0.259 e. The van der Waals surface area contributed by atoms with Crippen LogP contribution < -0.4 is 0 Å². The molecule has 0 fully saturated rings.